The third kappa shape index (κ3) is 5.87. The first-order valence-corrected chi connectivity index (χ1v) is 22.3. The van der Waals surface area contributed by atoms with Crippen LogP contribution in [0.3, 0.4) is 0 Å². The Labute approximate surface area is 372 Å². The fourth-order valence-electron chi connectivity index (χ4n) is 10.8. The molecule has 0 amide bonds. The van der Waals surface area contributed by atoms with Gasteiger partial charge in [0.2, 0.25) is 0 Å². The zero-order valence-electron chi connectivity index (χ0n) is 35.2. The van der Waals surface area contributed by atoms with E-state index >= 15 is 0 Å². The van der Waals surface area contributed by atoms with Crippen molar-refractivity contribution in [1.29, 1.82) is 0 Å². The van der Waals surface area contributed by atoms with E-state index in [4.69, 9.17) is 0 Å². The molecule has 2 heteroatoms. The first kappa shape index (κ1) is 36.5. The van der Waals surface area contributed by atoms with E-state index in [1.807, 2.05) is 0 Å². The van der Waals surface area contributed by atoms with Crippen LogP contribution in [0.2, 0.25) is 0 Å². The Kier molecular flexibility index (Phi) is 8.39. The van der Waals surface area contributed by atoms with Crippen LogP contribution in [0.5, 0.6) is 0 Å². The highest BCUT2D eigenvalue weighted by Gasteiger charge is 2.30. The van der Waals surface area contributed by atoms with Gasteiger partial charge in [-0.1, -0.05) is 176 Å². The molecule has 0 saturated heterocycles. The van der Waals surface area contributed by atoms with E-state index in [1.54, 1.807) is 0 Å². The van der Waals surface area contributed by atoms with Crippen molar-refractivity contribution >= 4 is 43.6 Å². The van der Waals surface area contributed by atoms with Crippen LogP contribution in [-0.2, 0) is 6.42 Å². The van der Waals surface area contributed by atoms with E-state index in [0.29, 0.717) is 0 Å². The lowest BCUT2D eigenvalue weighted by Crippen LogP contribution is -2.03. The number of benzene rings is 10. The van der Waals surface area contributed by atoms with E-state index in [0.717, 1.165) is 12.1 Å². The molecule has 0 radical (unpaired) electrons. The molecule has 12 aromatic rings. The van der Waals surface area contributed by atoms with Crippen LogP contribution < -0.4 is 0 Å². The molecular weight excluding hydrogens is 773 g/mol. The summed E-state index contributed by atoms with van der Waals surface area (Å²) in [5.74, 6) is 0.224. The van der Waals surface area contributed by atoms with Crippen LogP contribution in [0.1, 0.15) is 22.6 Å². The average molecular weight is 815 g/mol. The largest absolute Gasteiger partial charge is 0.309 e. The molecule has 1 aliphatic rings. The van der Waals surface area contributed by atoms with Crippen molar-refractivity contribution in [2.45, 2.75) is 12.3 Å². The summed E-state index contributed by atoms with van der Waals surface area (Å²) in [7, 11) is 0. The summed E-state index contributed by atoms with van der Waals surface area (Å²) >= 11 is 0. The van der Waals surface area contributed by atoms with Gasteiger partial charge in [-0.3, -0.25) is 0 Å². The predicted molar refractivity (Wildman–Crippen MR) is 269 cm³/mol. The van der Waals surface area contributed by atoms with Crippen LogP contribution in [0.25, 0.3) is 99.5 Å². The van der Waals surface area contributed by atoms with Gasteiger partial charge in [0.05, 0.1) is 22.1 Å². The van der Waals surface area contributed by atoms with Gasteiger partial charge in [0.15, 0.2) is 0 Å². The van der Waals surface area contributed by atoms with Crippen molar-refractivity contribution in [3.8, 4) is 55.9 Å². The molecule has 0 saturated carbocycles. The highest BCUT2D eigenvalue weighted by Crippen LogP contribution is 2.48. The SMILES string of the molecule is c1ccc(-c2cc(CC3c4ccccc4-c4cc(-n5c6ccccc6c6ccccc65)ccc43)cc(-c3cccc(-n4c5ccccc5c5cc(-c6ccccc6)ccc54)c3)c2)cc1. The molecular formula is C62H42N2. The van der Waals surface area contributed by atoms with Gasteiger partial charge < -0.3 is 9.13 Å². The summed E-state index contributed by atoms with van der Waals surface area (Å²) in [6.45, 7) is 0. The van der Waals surface area contributed by atoms with Crippen LogP contribution in [0.15, 0.2) is 237 Å². The Hall–Kier alpha value is -8.20. The number of hydrogen-bond acceptors (Lipinski definition) is 0. The lowest BCUT2D eigenvalue weighted by atomic mass is 9.87. The van der Waals surface area contributed by atoms with Crippen molar-refractivity contribution in [3.05, 3.63) is 253 Å². The smallest absolute Gasteiger partial charge is 0.0541 e. The first-order chi connectivity index (χ1) is 31.7. The maximum Gasteiger partial charge on any atom is 0.0541 e. The molecule has 2 nitrogen and oxygen atoms in total. The molecule has 10 aromatic carbocycles. The van der Waals surface area contributed by atoms with Crippen LogP contribution in [0, 0.1) is 0 Å². The number of para-hydroxylation sites is 3. The zero-order chi connectivity index (χ0) is 42.1. The minimum absolute atomic E-state index is 0.224. The van der Waals surface area contributed by atoms with Gasteiger partial charge in [0, 0.05) is 38.8 Å². The van der Waals surface area contributed by atoms with Gasteiger partial charge in [-0.15, -0.1) is 0 Å². The second kappa shape index (κ2) is 14.7. The zero-order valence-corrected chi connectivity index (χ0v) is 35.2. The molecule has 0 bridgehead atoms. The molecule has 0 N–H and O–H groups in total. The lowest BCUT2D eigenvalue weighted by Gasteiger charge is -2.18. The third-order valence-electron chi connectivity index (χ3n) is 13.6. The lowest BCUT2D eigenvalue weighted by molar-refractivity contribution is 0.827. The van der Waals surface area contributed by atoms with Crippen molar-refractivity contribution in [1.82, 2.24) is 9.13 Å². The van der Waals surface area contributed by atoms with Gasteiger partial charge in [0.25, 0.3) is 0 Å². The van der Waals surface area contributed by atoms with Gasteiger partial charge >= 0.3 is 0 Å². The van der Waals surface area contributed by atoms with Crippen LogP contribution in [0.4, 0.5) is 0 Å². The van der Waals surface area contributed by atoms with E-state index in [1.165, 1.54) is 110 Å². The Bertz CT molecular complexity index is 3700. The van der Waals surface area contributed by atoms with Gasteiger partial charge in [-0.25, -0.2) is 0 Å². The van der Waals surface area contributed by atoms with Gasteiger partial charge in [0.1, 0.15) is 0 Å². The summed E-state index contributed by atoms with van der Waals surface area (Å²) in [5.41, 5.74) is 21.3. The topological polar surface area (TPSA) is 9.86 Å². The molecule has 1 unspecified atom stereocenters. The molecule has 0 fully saturated rings. The summed E-state index contributed by atoms with van der Waals surface area (Å²) in [6, 6.07) is 87.4. The molecule has 300 valence electrons. The number of hydrogen-bond donors (Lipinski definition) is 0. The van der Waals surface area contributed by atoms with E-state index in [2.05, 4.69) is 246 Å². The van der Waals surface area contributed by atoms with Gasteiger partial charge in [-0.05, 0) is 128 Å². The van der Waals surface area contributed by atoms with Crippen LogP contribution in [-0.4, -0.2) is 9.13 Å². The predicted octanol–water partition coefficient (Wildman–Crippen LogP) is 16.2. The highest BCUT2D eigenvalue weighted by atomic mass is 15.0. The Morgan fingerprint density at radius 1 is 0.281 bits per heavy atom. The van der Waals surface area contributed by atoms with Crippen LogP contribution >= 0.6 is 0 Å². The maximum atomic E-state index is 2.44. The van der Waals surface area contributed by atoms with Crippen molar-refractivity contribution in [2.24, 2.45) is 0 Å². The fraction of sp³-hybridized carbons (Fsp3) is 0.0323. The summed E-state index contributed by atoms with van der Waals surface area (Å²) in [4.78, 5) is 0. The minimum atomic E-state index is 0.224. The van der Waals surface area contributed by atoms with E-state index in [-0.39, 0.29) is 5.92 Å². The summed E-state index contributed by atoms with van der Waals surface area (Å²) < 4.78 is 4.87. The molecule has 0 aliphatic heterocycles. The van der Waals surface area contributed by atoms with E-state index < -0.39 is 0 Å². The molecule has 64 heavy (non-hydrogen) atoms. The summed E-state index contributed by atoms with van der Waals surface area (Å²) in [5, 5.41) is 5.08. The van der Waals surface area contributed by atoms with Crippen molar-refractivity contribution in [3.63, 3.8) is 0 Å². The summed E-state index contributed by atoms with van der Waals surface area (Å²) in [6.07, 6.45) is 0.892. The monoisotopic (exact) mass is 814 g/mol. The molecule has 1 aliphatic carbocycles. The molecule has 0 spiro atoms. The third-order valence-corrected chi connectivity index (χ3v) is 13.6. The van der Waals surface area contributed by atoms with Gasteiger partial charge in [-0.2, -0.15) is 0 Å². The highest BCUT2D eigenvalue weighted by molar-refractivity contribution is 6.11. The van der Waals surface area contributed by atoms with Crippen molar-refractivity contribution in [2.75, 3.05) is 0 Å². The van der Waals surface area contributed by atoms with Crippen molar-refractivity contribution < 1.29 is 0 Å². The Balaban J connectivity index is 0.924. The Morgan fingerprint density at radius 2 is 0.781 bits per heavy atom. The fourth-order valence-corrected chi connectivity index (χ4v) is 10.8. The van der Waals surface area contributed by atoms with E-state index in [9.17, 15) is 0 Å². The standard InChI is InChI=1S/C62H42N2/c1-3-16-42(17-4-1)45-30-33-62-58(39-45)55-26-11-14-29-61(55)63(62)48-21-15-20-44(38-48)47-35-41(34-46(37-47)43-18-5-2-6-19-43)36-56-50-22-7-8-23-51(50)57-40-49(31-32-52(56)57)64-59-27-12-9-24-53(59)54-25-10-13-28-60(54)64/h1-35,37-40,56H,36H2. The Morgan fingerprint density at radius 3 is 1.47 bits per heavy atom. The normalized spacial score (nSPS) is 13.2. The molecule has 2 aromatic heterocycles. The first-order valence-electron chi connectivity index (χ1n) is 22.3. The number of nitrogens with zero attached hydrogens (tertiary/aromatic N) is 2. The maximum absolute atomic E-state index is 2.44. The minimum Gasteiger partial charge on any atom is -0.309 e. The number of aromatic nitrogens is 2. The molecule has 2 heterocycles. The molecule has 13 rings (SSSR count). The second-order valence-electron chi connectivity index (χ2n) is 17.3. The molecule has 1 atom stereocenters. The average Bonchev–Trinajstić information content (AvgIpc) is 3.99. The number of fused-ring (bicyclic) bond motifs is 9. The second-order valence-corrected chi connectivity index (χ2v) is 17.3. The number of rotatable bonds is 7. The quantitative estimate of drug-likeness (QED) is 0.152.